The molecule has 1 aliphatic rings. The lowest BCUT2D eigenvalue weighted by Gasteiger charge is -2.17. The molecule has 5 nitrogen and oxygen atoms in total. The second kappa shape index (κ2) is 5.95. The van der Waals surface area contributed by atoms with Crippen LogP contribution in [-0.4, -0.2) is 15.1 Å². The van der Waals surface area contributed by atoms with E-state index >= 15 is 0 Å². The summed E-state index contributed by atoms with van der Waals surface area (Å²) in [5, 5.41) is 5.74. The number of nitrogens with two attached hydrogens (primary N) is 1. The number of nitrogens with zero attached hydrogens (tertiary/aromatic N) is 3. The van der Waals surface area contributed by atoms with Crippen LogP contribution >= 0.6 is 22.9 Å². The Hall–Kier alpha value is -1.76. The van der Waals surface area contributed by atoms with E-state index < -0.39 is 5.54 Å². The fourth-order valence-corrected chi connectivity index (χ4v) is 4.18. The van der Waals surface area contributed by atoms with Gasteiger partial charge in [-0.3, -0.25) is 0 Å². The fourth-order valence-electron chi connectivity index (χ4n) is 3.06. The molecule has 0 amide bonds. The summed E-state index contributed by atoms with van der Waals surface area (Å²) in [7, 11) is 0. The van der Waals surface area contributed by atoms with E-state index in [4.69, 9.17) is 21.9 Å². The minimum Gasteiger partial charge on any atom is -0.333 e. The van der Waals surface area contributed by atoms with Crippen LogP contribution in [0.3, 0.4) is 0 Å². The van der Waals surface area contributed by atoms with E-state index in [-0.39, 0.29) is 0 Å². The average Bonchev–Trinajstić information content (AvgIpc) is 3.28. The largest absolute Gasteiger partial charge is 0.333 e. The third-order valence-electron chi connectivity index (χ3n) is 4.45. The molecule has 3 aromatic rings. The van der Waals surface area contributed by atoms with Gasteiger partial charge in [0.05, 0.1) is 11.2 Å². The van der Waals surface area contributed by atoms with Crippen molar-refractivity contribution in [2.24, 2.45) is 5.73 Å². The van der Waals surface area contributed by atoms with Crippen LogP contribution in [0.2, 0.25) is 5.02 Å². The third-order valence-corrected chi connectivity index (χ3v) is 5.90. The van der Waals surface area contributed by atoms with Gasteiger partial charge in [0.25, 0.3) is 5.89 Å². The quantitative estimate of drug-likeness (QED) is 0.741. The third kappa shape index (κ3) is 2.75. The van der Waals surface area contributed by atoms with Crippen molar-refractivity contribution in [2.45, 2.75) is 38.1 Å². The topological polar surface area (TPSA) is 77.8 Å². The predicted octanol–water partition coefficient (Wildman–Crippen LogP) is 4.55. The molecular formula is C17H17ClN4OS. The van der Waals surface area contributed by atoms with Gasteiger partial charge in [0.2, 0.25) is 0 Å². The van der Waals surface area contributed by atoms with Crippen molar-refractivity contribution in [3.05, 3.63) is 40.8 Å². The standard InChI is InChI=1S/C17H17ClN4OS/c1-10-13(24-15(20-10)11-4-6-12(18)7-5-11)14-21-16(22-23-14)17(19)8-2-3-9-17/h4-7H,2-3,8-9,19H2,1H3. The van der Waals surface area contributed by atoms with Crippen LogP contribution < -0.4 is 5.73 Å². The van der Waals surface area contributed by atoms with Gasteiger partial charge in [-0.05, 0) is 31.9 Å². The zero-order chi connectivity index (χ0) is 16.7. The molecule has 124 valence electrons. The molecule has 4 rings (SSSR count). The van der Waals surface area contributed by atoms with Gasteiger partial charge in [-0.25, -0.2) is 4.98 Å². The number of rotatable bonds is 3. The molecule has 24 heavy (non-hydrogen) atoms. The molecule has 1 saturated carbocycles. The molecule has 2 aromatic heterocycles. The van der Waals surface area contributed by atoms with Crippen LogP contribution in [0.4, 0.5) is 0 Å². The summed E-state index contributed by atoms with van der Waals surface area (Å²) < 4.78 is 5.49. The first-order valence-corrected chi connectivity index (χ1v) is 9.11. The van der Waals surface area contributed by atoms with E-state index in [0.717, 1.165) is 46.8 Å². The molecule has 7 heteroatoms. The first-order valence-electron chi connectivity index (χ1n) is 7.92. The summed E-state index contributed by atoms with van der Waals surface area (Å²) in [6, 6.07) is 7.63. The van der Waals surface area contributed by atoms with E-state index in [1.807, 2.05) is 31.2 Å². The van der Waals surface area contributed by atoms with Gasteiger partial charge in [0.15, 0.2) is 5.82 Å². The second-order valence-corrected chi connectivity index (χ2v) is 7.66. The Labute approximate surface area is 148 Å². The Morgan fingerprint density at radius 1 is 1.17 bits per heavy atom. The summed E-state index contributed by atoms with van der Waals surface area (Å²) in [6.07, 6.45) is 4.04. The lowest BCUT2D eigenvalue weighted by atomic mass is 9.99. The maximum absolute atomic E-state index is 6.41. The lowest BCUT2D eigenvalue weighted by Crippen LogP contribution is -2.34. The SMILES string of the molecule is Cc1nc(-c2ccc(Cl)cc2)sc1-c1nc(C2(N)CCCC2)no1. The number of hydrogen-bond acceptors (Lipinski definition) is 6. The normalized spacial score (nSPS) is 16.6. The van der Waals surface area contributed by atoms with Crippen molar-refractivity contribution in [1.82, 2.24) is 15.1 Å². The van der Waals surface area contributed by atoms with Crippen molar-refractivity contribution >= 4 is 22.9 Å². The Morgan fingerprint density at radius 2 is 1.88 bits per heavy atom. The van der Waals surface area contributed by atoms with Gasteiger partial charge in [0, 0.05) is 10.6 Å². The summed E-state index contributed by atoms with van der Waals surface area (Å²) in [5.74, 6) is 1.10. The van der Waals surface area contributed by atoms with E-state index in [1.165, 1.54) is 11.3 Å². The van der Waals surface area contributed by atoms with Crippen molar-refractivity contribution in [3.63, 3.8) is 0 Å². The Kier molecular flexibility index (Phi) is 3.90. The highest BCUT2D eigenvalue weighted by Crippen LogP contribution is 2.38. The first-order chi connectivity index (χ1) is 11.5. The van der Waals surface area contributed by atoms with E-state index in [2.05, 4.69) is 15.1 Å². The molecule has 1 fully saturated rings. The molecule has 0 radical (unpaired) electrons. The zero-order valence-electron chi connectivity index (χ0n) is 13.3. The smallest absolute Gasteiger partial charge is 0.270 e. The number of hydrogen-bond donors (Lipinski definition) is 1. The Morgan fingerprint density at radius 3 is 2.58 bits per heavy atom. The van der Waals surface area contributed by atoms with Gasteiger partial charge in [-0.15, -0.1) is 11.3 Å². The van der Waals surface area contributed by atoms with Gasteiger partial charge in [-0.2, -0.15) is 4.98 Å². The molecular weight excluding hydrogens is 344 g/mol. The molecule has 1 aliphatic carbocycles. The van der Waals surface area contributed by atoms with Gasteiger partial charge in [-0.1, -0.05) is 41.7 Å². The zero-order valence-corrected chi connectivity index (χ0v) is 14.8. The van der Waals surface area contributed by atoms with Crippen molar-refractivity contribution in [1.29, 1.82) is 0 Å². The highest BCUT2D eigenvalue weighted by molar-refractivity contribution is 7.18. The molecule has 0 saturated heterocycles. The number of halogens is 1. The number of aryl methyl sites for hydroxylation is 1. The van der Waals surface area contributed by atoms with Crippen LogP contribution in [0.5, 0.6) is 0 Å². The molecule has 1 aromatic carbocycles. The number of benzene rings is 1. The molecule has 0 atom stereocenters. The van der Waals surface area contributed by atoms with E-state index in [1.54, 1.807) is 0 Å². The van der Waals surface area contributed by atoms with Gasteiger partial charge >= 0.3 is 0 Å². The van der Waals surface area contributed by atoms with Crippen LogP contribution in [0, 0.1) is 6.92 Å². The van der Waals surface area contributed by atoms with Crippen LogP contribution in [-0.2, 0) is 5.54 Å². The second-order valence-electron chi connectivity index (χ2n) is 6.23. The molecule has 2 heterocycles. The molecule has 0 unspecified atom stereocenters. The Bertz CT molecular complexity index is 865. The number of aromatic nitrogens is 3. The summed E-state index contributed by atoms with van der Waals surface area (Å²) >= 11 is 7.48. The molecule has 0 bridgehead atoms. The maximum atomic E-state index is 6.41. The molecule has 0 aliphatic heterocycles. The van der Waals surface area contributed by atoms with Gasteiger partial charge in [0.1, 0.15) is 9.88 Å². The average molecular weight is 361 g/mol. The number of thiazole rings is 1. The van der Waals surface area contributed by atoms with Crippen molar-refractivity contribution in [3.8, 4) is 21.3 Å². The van der Waals surface area contributed by atoms with E-state index in [0.29, 0.717) is 16.7 Å². The highest BCUT2D eigenvalue weighted by Gasteiger charge is 2.36. The lowest BCUT2D eigenvalue weighted by molar-refractivity contribution is 0.373. The molecule has 0 spiro atoms. The monoisotopic (exact) mass is 360 g/mol. The predicted molar refractivity (Wildman–Crippen MR) is 94.9 cm³/mol. The summed E-state index contributed by atoms with van der Waals surface area (Å²) in [6.45, 7) is 1.95. The minimum atomic E-state index is -0.445. The Balaban J connectivity index is 1.68. The van der Waals surface area contributed by atoms with Crippen molar-refractivity contribution < 1.29 is 4.52 Å². The minimum absolute atomic E-state index is 0.445. The fraction of sp³-hybridized carbons (Fsp3) is 0.353. The molecule has 2 N–H and O–H groups in total. The van der Waals surface area contributed by atoms with Crippen LogP contribution in [0.15, 0.2) is 28.8 Å². The first kappa shape index (κ1) is 15.7. The van der Waals surface area contributed by atoms with Crippen molar-refractivity contribution in [2.75, 3.05) is 0 Å². The maximum Gasteiger partial charge on any atom is 0.270 e. The van der Waals surface area contributed by atoms with Crippen LogP contribution in [0.25, 0.3) is 21.3 Å². The van der Waals surface area contributed by atoms with Gasteiger partial charge < -0.3 is 10.3 Å². The summed E-state index contributed by atoms with van der Waals surface area (Å²) in [4.78, 5) is 10.1. The summed E-state index contributed by atoms with van der Waals surface area (Å²) in [5.41, 5.74) is 7.86. The highest BCUT2D eigenvalue weighted by atomic mass is 35.5. The van der Waals surface area contributed by atoms with E-state index in [9.17, 15) is 0 Å². The van der Waals surface area contributed by atoms with Crippen LogP contribution in [0.1, 0.15) is 37.2 Å².